The Balaban J connectivity index is 1.52. The second-order valence-corrected chi connectivity index (χ2v) is 8.24. The molecule has 1 aromatic heterocycles. The monoisotopic (exact) mass is 440 g/mol. The van der Waals surface area contributed by atoms with E-state index < -0.39 is 11.9 Å². The van der Waals surface area contributed by atoms with Crippen LogP contribution in [0.2, 0.25) is 0 Å². The predicted molar refractivity (Wildman–Crippen MR) is 125 cm³/mol. The molecule has 2 heterocycles. The van der Waals surface area contributed by atoms with Gasteiger partial charge in [-0.1, -0.05) is 60.2 Å². The molecule has 0 aliphatic carbocycles. The fourth-order valence-corrected chi connectivity index (χ4v) is 4.18. The molecule has 4 aromatic rings. The van der Waals surface area contributed by atoms with E-state index in [1.54, 1.807) is 0 Å². The van der Waals surface area contributed by atoms with E-state index >= 15 is 0 Å². The number of carboxylic acid groups (broad SMARTS) is 1. The van der Waals surface area contributed by atoms with Crippen molar-refractivity contribution in [1.29, 1.82) is 0 Å². The minimum Gasteiger partial charge on any atom is -0.481 e. The van der Waals surface area contributed by atoms with E-state index in [1.165, 1.54) is 0 Å². The maximum absolute atomic E-state index is 12.1. The Kier molecular flexibility index (Phi) is 5.57. The van der Waals surface area contributed by atoms with Gasteiger partial charge < -0.3 is 14.6 Å². The smallest absolute Gasteiger partial charge is 0.311 e. The van der Waals surface area contributed by atoms with Gasteiger partial charge in [-0.25, -0.2) is 0 Å². The molecule has 6 nitrogen and oxygen atoms in total. The van der Waals surface area contributed by atoms with Crippen LogP contribution >= 0.6 is 0 Å². The highest BCUT2D eigenvalue weighted by molar-refractivity contribution is 5.76. The van der Waals surface area contributed by atoms with Crippen LogP contribution < -0.4 is 9.47 Å². The van der Waals surface area contributed by atoms with Crippen LogP contribution in [0.25, 0.3) is 11.3 Å². The Morgan fingerprint density at radius 2 is 1.82 bits per heavy atom. The number of rotatable bonds is 7. The molecule has 0 radical (unpaired) electrons. The van der Waals surface area contributed by atoms with Gasteiger partial charge in [0.05, 0.1) is 23.9 Å². The molecule has 166 valence electrons. The lowest BCUT2D eigenvalue weighted by Gasteiger charge is -2.12. The van der Waals surface area contributed by atoms with Gasteiger partial charge in [0, 0.05) is 12.0 Å². The summed E-state index contributed by atoms with van der Waals surface area (Å²) in [5.41, 5.74) is 5.51. The first-order valence-corrected chi connectivity index (χ1v) is 10.9. The van der Waals surface area contributed by atoms with Gasteiger partial charge in [0.1, 0.15) is 0 Å². The van der Waals surface area contributed by atoms with Crippen LogP contribution in [0.5, 0.6) is 11.5 Å². The molecule has 6 heteroatoms. The summed E-state index contributed by atoms with van der Waals surface area (Å²) < 4.78 is 12.9. The zero-order valence-electron chi connectivity index (χ0n) is 18.3. The van der Waals surface area contributed by atoms with Gasteiger partial charge in [0.25, 0.3) is 0 Å². The molecule has 1 N–H and O–H groups in total. The minimum absolute atomic E-state index is 0.212. The van der Waals surface area contributed by atoms with Crippen molar-refractivity contribution in [3.8, 4) is 22.8 Å². The van der Waals surface area contributed by atoms with Crippen molar-refractivity contribution < 1.29 is 19.4 Å². The number of aromatic nitrogens is 2. The predicted octanol–water partition coefficient (Wildman–Crippen LogP) is 5.05. The van der Waals surface area contributed by atoms with Gasteiger partial charge in [0.2, 0.25) is 6.79 Å². The van der Waals surface area contributed by atoms with E-state index in [9.17, 15) is 9.90 Å². The maximum atomic E-state index is 12.1. The van der Waals surface area contributed by atoms with Crippen LogP contribution in [-0.2, 0) is 17.8 Å². The molecule has 1 atom stereocenters. The zero-order valence-corrected chi connectivity index (χ0v) is 18.3. The molecule has 1 aliphatic rings. The lowest BCUT2D eigenvalue weighted by atomic mass is 9.93. The highest BCUT2D eigenvalue weighted by Crippen LogP contribution is 2.36. The molecular formula is C27H24N2O4. The topological polar surface area (TPSA) is 73.6 Å². The molecule has 1 unspecified atom stereocenters. The summed E-state index contributed by atoms with van der Waals surface area (Å²) in [4.78, 5) is 12.1. The highest BCUT2D eigenvalue weighted by atomic mass is 16.7. The van der Waals surface area contributed by atoms with Gasteiger partial charge in [-0.3, -0.25) is 9.48 Å². The zero-order chi connectivity index (χ0) is 22.8. The average Bonchev–Trinajstić information content (AvgIpc) is 3.44. The van der Waals surface area contributed by atoms with Gasteiger partial charge in [-0.15, -0.1) is 0 Å². The van der Waals surface area contributed by atoms with E-state index in [0.717, 1.165) is 39.4 Å². The summed E-state index contributed by atoms with van der Waals surface area (Å²) in [6, 6.07) is 25.5. The summed E-state index contributed by atoms with van der Waals surface area (Å²) in [7, 11) is 0. The standard InChI is InChI=1S/C27H24N2O4/c1-18-6-5-9-20(12-18)23(27(30)31)14-22-15-24(21-10-11-25-26(13-21)33-17-32-25)29(28-22)16-19-7-3-2-4-8-19/h2-13,15,23H,14,16-17H2,1H3,(H,30,31). The number of ether oxygens (including phenoxy) is 2. The van der Waals surface area contributed by atoms with E-state index in [-0.39, 0.29) is 6.79 Å². The maximum Gasteiger partial charge on any atom is 0.311 e. The van der Waals surface area contributed by atoms with Gasteiger partial charge in [-0.05, 0) is 42.3 Å². The van der Waals surface area contributed by atoms with E-state index in [2.05, 4.69) is 12.1 Å². The first-order valence-electron chi connectivity index (χ1n) is 10.9. The SMILES string of the molecule is Cc1cccc(C(Cc2cc(-c3ccc4c(c3)OCO4)n(Cc3ccccc3)n2)C(=O)O)c1. The fourth-order valence-electron chi connectivity index (χ4n) is 4.18. The molecule has 0 saturated carbocycles. The van der Waals surface area contributed by atoms with Crippen molar-refractivity contribution >= 4 is 5.97 Å². The Morgan fingerprint density at radius 1 is 1.00 bits per heavy atom. The lowest BCUT2D eigenvalue weighted by molar-refractivity contribution is -0.138. The molecule has 0 fully saturated rings. The molecule has 0 bridgehead atoms. The Morgan fingerprint density at radius 3 is 2.61 bits per heavy atom. The minimum atomic E-state index is -0.858. The third-order valence-electron chi connectivity index (χ3n) is 5.83. The van der Waals surface area contributed by atoms with Crippen LogP contribution in [0.15, 0.2) is 78.9 Å². The average molecular weight is 440 g/mol. The fraction of sp³-hybridized carbons (Fsp3) is 0.185. The van der Waals surface area contributed by atoms with E-state index in [1.807, 2.05) is 78.3 Å². The van der Waals surface area contributed by atoms with Crippen LogP contribution in [0.1, 0.15) is 28.3 Å². The number of aryl methyl sites for hydroxylation is 1. The lowest BCUT2D eigenvalue weighted by Crippen LogP contribution is -2.15. The number of hydrogen-bond donors (Lipinski definition) is 1. The van der Waals surface area contributed by atoms with Crippen LogP contribution in [0, 0.1) is 6.92 Å². The van der Waals surface area contributed by atoms with Crippen molar-refractivity contribution in [1.82, 2.24) is 9.78 Å². The van der Waals surface area contributed by atoms with Crippen LogP contribution in [0.4, 0.5) is 0 Å². The quantitative estimate of drug-likeness (QED) is 0.436. The number of hydrogen-bond acceptors (Lipinski definition) is 4. The normalized spacial score (nSPS) is 13.1. The Bertz CT molecular complexity index is 1300. The van der Waals surface area contributed by atoms with Crippen LogP contribution in [0.3, 0.4) is 0 Å². The summed E-state index contributed by atoms with van der Waals surface area (Å²) in [5.74, 6) is -0.111. The first kappa shape index (κ1) is 20.8. The molecule has 3 aromatic carbocycles. The van der Waals surface area contributed by atoms with E-state index in [4.69, 9.17) is 14.6 Å². The molecular weight excluding hydrogens is 416 g/mol. The first-order chi connectivity index (χ1) is 16.1. The van der Waals surface area contributed by atoms with E-state index in [0.29, 0.717) is 18.7 Å². The molecule has 1 aliphatic heterocycles. The number of benzene rings is 3. The second kappa shape index (κ2) is 8.82. The highest BCUT2D eigenvalue weighted by Gasteiger charge is 2.24. The molecule has 5 rings (SSSR count). The summed E-state index contributed by atoms with van der Waals surface area (Å²) in [6.45, 7) is 2.76. The summed E-state index contributed by atoms with van der Waals surface area (Å²) in [5, 5.41) is 14.8. The van der Waals surface area contributed by atoms with Crippen LogP contribution in [-0.4, -0.2) is 27.6 Å². The Hall–Kier alpha value is -4.06. The molecule has 33 heavy (non-hydrogen) atoms. The van der Waals surface area contributed by atoms with Crippen molar-refractivity contribution in [2.45, 2.75) is 25.8 Å². The number of aliphatic carboxylic acids is 1. The summed E-state index contributed by atoms with van der Waals surface area (Å²) in [6.07, 6.45) is 0.304. The number of fused-ring (bicyclic) bond motifs is 1. The number of nitrogens with zero attached hydrogens (tertiary/aromatic N) is 2. The Labute approximate surface area is 192 Å². The largest absolute Gasteiger partial charge is 0.481 e. The number of carbonyl (C=O) groups is 1. The van der Waals surface area contributed by atoms with Crippen molar-refractivity contribution in [3.63, 3.8) is 0 Å². The van der Waals surface area contributed by atoms with Gasteiger partial charge in [0.15, 0.2) is 11.5 Å². The third-order valence-corrected chi connectivity index (χ3v) is 5.83. The molecule has 0 saturated heterocycles. The summed E-state index contributed by atoms with van der Waals surface area (Å²) >= 11 is 0. The number of carboxylic acids is 1. The van der Waals surface area contributed by atoms with Gasteiger partial charge in [-0.2, -0.15) is 5.10 Å². The second-order valence-electron chi connectivity index (χ2n) is 8.24. The van der Waals surface area contributed by atoms with Crippen molar-refractivity contribution in [2.24, 2.45) is 0 Å². The molecule has 0 spiro atoms. The van der Waals surface area contributed by atoms with Gasteiger partial charge >= 0.3 is 5.97 Å². The third kappa shape index (κ3) is 4.46. The molecule has 0 amide bonds. The van der Waals surface area contributed by atoms with Crippen molar-refractivity contribution in [3.05, 3.63) is 101 Å². The van der Waals surface area contributed by atoms with Crippen molar-refractivity contribution in [2.75, 3.05) is 6.79 Å².